The lowest BCUT2D eigenvalue weighted by atomic mass is 11.5. The minimum atomic E-state index is -0.455. The molecule has 0 aromatic heterocycles. The summed E-state index contributed by atoms with van der Waals surface area (Å²) in [6, 6.07) is 0. The van der Waals surface area contributed by atoms with Crippen LogP contribution in [0.1, 0.15) is 0 Å². The van der Waals surface area contributed by atoms with Gasteiger partial charge in [-0.15, -0.1) is 0 Å². The van der Waals surface area contributed by atoms with E-state index in [0.29, 0.717) is 0 Å². The highest BCUT2D eigenvalue weighted by molar-refractivity contribution is 7.74. The number of thiol groups is 1. The highest BCUT2D eigenvalue weighted by Gasteiger charge is 1.66. The molecule has 3 nitrogen and oxygen atoms in total. The molecule has 0 rings (SSSR count). The Bertz CT molecular complexity index is 14.4. The SMILES string of the molecule is OCOOS. The number of hydrogen-bond acceptors (Lipinski definition) is 4. The number of hydrogen-bond donors (Lipinski definition) is 2. The predicted molar refractivity (Wildman–Crippen MR) is 18.2 cm³/mol. The van der Waals surface area contributed by atoms with Crippen molar-refractivity contribution in [2.45, 2.75) is 0 Å². The minimum Gasteiger partial charge on any atom is -0.368 e. The second kappa shape index (κ2) is 4.23. The van der Waals surface area contributed by atoms with Crippen LogP contribution in [-0.2, 0) is 9.22 Å². The second-order valence-corrected chi connectivity index (χ2v) is 0.471. The lowest BCUT2D eigenvalue weighted by Crippen LogP contribution is -1.83. The van der Waals surface area contributed by atoms with E-state index in [1.807, 2.05) is 0 Å². The van der Waals surface area contributed by atoms with Gasteiger partial charge in [0.1, 0.15) is 0 Å². The lowest BCUT2D eigenvalue weighted by Gasteiger charge is -1.83. The van der Waals surface area contributed by atoms with Crippen molar-refractivity contribution in [1.29, 1.82) is 0 Å². The fraction of sp³-hybridized carbons (Fsp3) is 1.00. The Hall–Kier alpha value is 0.230. The van der Waals surface area contributed by atoms with E-state index in [4.69, 9.17) is 5.11 Å². The van der Waals surface area contributed by atoms with Crippen LogP contribution in [0.3, 0.4) is 0 Å². The molecular formula is CH4O3S. The van der Waals surface area contributed by atoms with Gasteiger partial charge in [0.2, 0.25) is 0 Å². The van der Waals surface area contributed by atoms with Crippen molar-refractivity contribution >= 4 is 12.9 Å². The smallest absolute Gasteiger partial charge is 0.179 e. The first-order chi connectivity index (χ1) is 2.41. The fourth-order valence-electron chi connectivity index (χ4n) is 0.0236. The zero-order valence-corrected chi connectivity index (χ0v) is 3.31. The largest absolute Gasteiger partial charge is 0.368 e. The summed E-state index contributed by atoms with van der Waals surface area (Å²) in [5.74, 6) is 0. The van der Waals surface area contributed by atoms with E-state index in [2.05, 4.69) is 22.1 Å². The summed E-state index contributed by atoms with van der Waals surface area (Å²) < 4.78 is 3.64. The van der Waals surface area contributed by atoms with Gasteiger partial charge in [-0.25, -0.2) is 0 Å². The molecule has 1 N–H and O–H groups in total. The van der Waals surface area contributed by atoms with Crippen molar-refractivity contribution in [3.05, 3.63) is 0 Å². The Balaban J connectivity index is 2.19. The van der Waals surface area contributed by atoms with Gasteiger partial charge in [0.05, 0.1) is 0 Å². The average Bonchev–Trinajstić information content (AvgIpc) is 1.41. The maximum Gasteiger partial charge on any atom is 0.179 e. The molecule has 0 aromatic rings. The second-order valence-electron chi connectivity index (χ2n) is 0.321. The van der Waals surface area contributed by atoms with Gasteiger partial charge in [0.15, 0.2) is 6.79 Å². The molecule has 0 heterocycles. The maximum absolute atomic E-state index is 7.67. The zero-order valence-electron chi connectivity index (χ0n) is 2.42. The molecule has 5 heavy (non-hydrogen) atoms. The maximum atomic E-state index is 7.67. The monoisotopic (exact) mass is 96.0 g/mol. The third kappa shape index (κ3) is 4.23. The van der Waals surface area contributed by atoms with Gasteiger partial charge in [-0.05, 0) is 0 Å². The quantitative estimate of drug-likeness (QED) is 0.163. The van der Waals surface area contributed by atoms with Gasteiger partial charge in [0, 0.05) is 12.9 Å². The van der Waals surface area contributed by atoms with Crippen LogP contribution in [-0.4, -0.2) is 11.9 Å². The Labute approximate surface area is 35.1 Å². The van der Waals surface area contributed by atoms with Gasteiger partial charge >= 0.3 is 0 Å². The highest BCUT2D eigenvalue weighted by Crippen LogP contribution is 1.74. The molecule has 0 aliphatic heterocycles. The molecular weight excluding hydrogens is 92.1 g/mol. The standard InChI is InChI=1S/CH4O3S/c2-1-3-4-5/h2,5H,1H2. The van der Waals surface area contributed by atoms with Crippen LogP contribution >= 0.6 is 12.9 Å². The molecule has 0 spiro atoms. The van der Waals surface area contributed by atoms with Crippen LogP contribution in [0, 0.1) is 0 Å². The average molecular weight is 96.1 g/mol. The van der Waals surface area contributed by atoms with E-state index in [1.165, 1.54) is 0 Å². The highest BCUT2D eigenvalue weighted by atomic mass is 32.1. The summed E-state index contributed by atoms with van der Waals surface area (Å²) in [6.45, 7) is -0.455. The summed E-state index contributed by atoms with van der Waals surface area (Å²) in [5.41, 5.74) is 0. The molecule has 0 radical (unpaired) electrons. The van der Waals surface area contributed by atoms with Gasteiger partial charge in [-0.2, -0.15) is 9.22 Å². The molecule has 0 amide bonds. The van der Waals surface area contributed by atoms with Crippen molar-refractivity contribution in [3.8, 4) is 0 Å². The Morgan fingerprint density at radius 2 is 2.40 bits per heavy atom. The van der Waals surface area contributed by atoms with Crippen LogP contribution in [0.25, 0.3) is 0 Å². The Morgan fingerprint density at radius 1 is 1.80 bits per heavy atom. The summed E-state index contributed by atoms with van der Waals surface area (Å²) in [6.07, 6.45) is 0. The molecule has 4 heteroatoms. The van der Waals surface area contributed by atoms with Crippen LogP contribution < -0.4 is 0 Å². The molecule has 0 aliphatic carbocycles. The summed E-state index contributed by atoms with van der Waals surface area (Å²) in [5, 5.41) is 7.67. The van der Waals surface area contributed by atoms with Crippen LogP contribution in [0.15, 0.2) is 0 Å². The number of rotatable bonds is 2. The van der Waals surface area contributed by atoms with Crippen LogP contribution in [0.2, 0.25) is 0 Å². The Kier molecular flexibility index (Phi) is 4.42. The summed E-state index contributed by atoms with van der Waals surface area (Å²) >= 11 is 3.12. The molecule has 0 bridgehead atoms. The molecule has 0 unspecified atom stereocenters. The van der Waals surface area contributed by atoms with Gasteiger partial charge in [-0.3, -0.25) is 0 Å². The molecule has 0 saturated heterocycles. The van der Waals surface area contributed by atoms with Crippen molar-refractivity contribution in [2.24, 2.45) is 0 Å². The van der Waals surface area contributed by atoms with Crippen molar-refractivity contribution in [1.82, 2.24) is 0 Å². The van der Waals surface area contributed by atoms with Crippen molar-refractivity contribution in [2.75, 3.05) is 6.79 Å². The normalized spacial score (nSPS) is 8.40. The summed E-state index contributed by atoms with van der Waals surface area (Å²) in [4.78, 5) is 3.75. The van der Waals surface area contributed by atoms with Gasteiger partial charge in [0.25, 0.3) is 0 Å². The lowest BCUT2D eigenvalue weighted by molar-refractivity contribution is -0.238. The van der Waals surface area contributed by atoms with Crippen LogP contribution in [0.5, 0.6) is 0 Å². The van der Waals surface area contributed by atoms with Crippen molar-refractivity contribution in [3.63, 3.8) is 0 Å². The molecule has 0 aliphatic rings. The molecule has 32 valence electrons. The topological polar surface area (TPSA) is 38.7 Å². The fourth-order valence-corrected chi connectivity index (χ4v) is 0.0707. The third-order valence-corrected chi connectivity index (χ3v) is 0.211. The first kappa shape index (κ1) is 5.23. The zero-order chi connectivity index (χ0) is 4.12. The van der Waals surface area contributed by atoms with Gasteiger partial charge in [-0.1, -0.05) is 0 Å². The summed E-state index contributed by atoms with van der Waals surface area (Å²) in [7, 11) is 0. The van der Waals surface area contributed by atoms with E-state index >= 15 is 0 Å². The molecule has 0 aromatic carbocycles. The van der Waals surface area contributed by atoms with Crippen LogP contribution in [0.4, 0.5) is 0 Å². The number of aliphatic hydroxyl groups excluding tert-OH is 1. The first-order valence-corrected chi connectivity index (χ1v) is 1.32. The molecule has 0 fully saturated rings. The first-order valence-electron chi connectivity index (χ1n) is 0.954. The van der Waals surface area contributed by atoms with E-state index in [0.717, 1.165) is 0 Å². The minimum absolute atomic E-state index is 0.455. The predicted octanol–water partition coefficient (Wildman–Crippen LogP) is -0.271. The van der Waals surface area contributed by atoms with Gasteiger partial charge < -0.3 is 5.11 Å². The molecule has 0 atom stereocenters. The van der Waals surface area contributed by atoms with E-state index in [1.54, 1.807) is 0 Å². The third-order valence-electron chi connectivity index (χ3n) is 0.105. The van der Waals surface area contributed by atoms with E-state index < -0.39 is 6.79 Å². The number of aliphatic hydroxyl groups is 1. The Morgan fingerprint density at radius 3 is 2.40 bits per heavy atom. The van der Waals surface area contributed by atoms with E-state index in [9.17, 15) is 0 Å². The molecule has 0 saturated carbocycles. The van der Waals surface area contributed by atoms with Crippen molar-refractivity contribution < 1.29 is 14.3 Å². The van der Waals surface area contributed by atoms with E-state index in [-0.39, 0.29) is 0 Å².